The molecule has 0 aliphatic heterocycles. The molecule has 5 heteroatoms. The Hall–Kier alpha value is -2.30. The summed E-state index contributed by atoms with van der Waals surface area (Å²) in [5.74, 6) is 0.0549. The van der Waals surface area contributed by atoms with Crippen LogP contribution in [0.3, 0.4) is 0 Å². The van der Waals surface area contributed by atoms with E-state index in [0.717, 1.165) is 5.69 Å². The number of hydrogen-bond donors (Lipinski definition) is 2. The molecule has 5 nitrogen and oxygen atoms in total. The van der Waals surface area contributed by atoms with Crippen molar-refractivity contribution in [3.63, 3.8) is 0 Å². The highest BCUT2D eigenvalue weighted by Gasteiger charge is 2.04. The Kier molecular flexibility index (Phi) is 2.59. The molecule has 0 atom stereocenters. The summed E-state index contributed by atoms with van der Waals surface area (Å²) in [6, 6.07) is 7.90. The maximum atomic E-state index is 10.6. The molecule has 1 aromatic heterocycles. The van der Waals surface area contributed by atoms with Crippen LogP contribution in [0.2, 0.25) is 0 Å². The molecule has 0 amide bonds. The van der Waals surface area contributed by atoms with E-state index in [2.05, 4.69) is 10.2 Å². The van der Waals surface area contributed by atoms with Gasteiger partial charge in [-0.15, -0.1) is 5.10 Å². The second-order valence-electron chi connectivity index (χ2n) is 3.32. The van der Waals surface area contributed by atoms with Crippen LogP contribution in [0.5, 0.6) is 11.6 Å². The van der Waals surface area contributed by atoms with Gasteiger partial charge in [-0.3, -0.25) is 5.10 Å². The largest absolute Gasteiger partial charge is 0.478 e. The van der Waals surface area contributed by atoms with Gasteiger partial charge in [-0.1, -0.05) is 0 Å². The van der Waals surface area contributed by atoms with Gasteiger partial charge in [0.2, 0.25) is 5.88 Å². The zero-order valence-electron chi connectivity index (χ0n) is 8.60. The second-order valence-corrected chi connectivity index (χ2v) is 3.32. The lowest BCUT2D eigenvalue weighted by atomic mass is 10.2. The van der Waals surface area contributed by atoms with Crippen LogP contribution in [0.25, 0.3) is 0 Å². The number of nitrogens with zero attached hydrogens (tertiary/aromatic N) is 1. The molecule has 0 aliphatic carbocycles. The molecular formula is C11H10N2O3. The van der Waals surface area contributed by atoms with Gasteiger partial charge >= 0.3 is 5.97 Å². The van der Waals surface area contributed by atoms with Crippen LogP contribution in [0.1, 0.15) is 16.1 Å². The lowest BCUT2D eigenvalue weighted by Gasteiger charge is -2.01. The fourth-order valence-electron chi connectivity index (χ4n) is 1.23. The number of aromatic nitrogens is 2. The number of aromatic carboxylic acids is 1. The van der Waals surface area contributed by atoms with E-state index >= 15 is 0 Å². The number of nitrogens with one attached hydrogen (secondary N) is 1. The number of rotatable bonds is 3. The number of benzene rings is 1. The number of ether oxygens (including phenoxy) is 1. The minimum Gasteiger partial charge on any atom is -0.478 e. The van der Waals surface area contributed by atoms with Crippen LogP contribution in [-0.4, -0.2) is 21.3 Å². The Morgan fingerprint density at radius 3 is 2.56 bits per heavy atom. The Morgan fingerprint density at radius 1 is 1.38 bits per heavy atom. The predicted octanol–water partition coefficient (Wildman–Crippen LogP) is 2.21. The summed E-state index contributed by atoms with van der Waals surface area (Å²) in [6.45, 7) is 1.87. The molecule has 0 radical (unpaired) electrons. The van der Waals surface area contributed by atoms with Crippen molar-refractivity contribution in [2.45, 2.75) is 6.92 Å². The average Bonchev–Trinajstić information content (AvgIpc) is 2.65. The van der Waals surface area contributed by atoms with Gasteiger partial charge in [0.15, 0.2) is 0 Å². The Labute approximate surface area is 91.7 Å². The summed E-state index contributed by atoms with van der Waals surface area (Å²) in [5.41, 5.74) is 1.13. The third-order valence-electron chi connectivity index (χ3n) is 2.01. The van der Waals surface area contributed by atoms with Crippen molar-refractivity contribution in [1.29, 1.82) is 0 Å². The first kappa shape index (κ1) is 10.2. The number of aromatic amines is 1. The fourth-order valence-corrected chi connectivity index (χ4v) is 1.23. The number of hydrogen-bond acceptors (Lipinski definition) is 3. The standard InChI is InChI=1S/C11H10N2O3/c1-7-6-10(13-12-7)16-9-4-2-8(3-5-9)11(14)15/h2-6H,1H3,(H,12,13)(H,14,15). The zero-order valence-corrected chi connectivity index (χ0v) is 8.60. The molecule has 0 aliphatic rings. The van der Waals surface area contributed by atoms with Gasteiger partial charge in [-0.2, -0.15) is 0 Å². The zero-order chi connectivity index (χ0) is 11.5. The molecule has 2 aromatic rings. The topological polar surface area (TPSA) is 75.2 Å². The molecule has 16 heavy (non-hydrogen) atoms. The third-order valence-corrected chi connectivity index (χ3v) is 2.01. The summed E-state index contributed by atoms with van der Waals surface area (Å²) in [6.07, 6.45) is 0. The number of carboxylic acids is 1. The minimum atomic E-state index is -0.956. The van der Waals surface area contributed by atoms with Crippen molar-refractivity contribution in [2.24, 2.45) is 0 Å². The third kappa shape index (κ3) is 2.20. The van der Waals surface area contributed by atoms with Gasteiger partial charge in [-0.05, 0) is 31.2 Å². The van der Waals surface area contributed by atoms with Gasteiger partial charge in [0.05, 0.1) is 5.56 Å². The van der Waals surface area contributed by atoms with E-state index in [1.807, 2.05) is 6.92 Å². The lowest BCUT2D eigenvalue weighted by molar-refractivity contribution is 0.0697. The van der Waals surface area contributed by atoms with E-state index in [9.17, 15) is 4.79 Å². The van der Waals surface area contributed by atoms with E-state index in [1.165, 1.54) is 12.1 Å². The van der Waals surface area contributed by atoms with Gasteiger partial charge in [-0.25, -0.2) is 4.79 Å². The SMILES string of the molecule is Cc1cc(Oc2ccc(C(=O)O)cc2)n[nH]1. The molecule has 0 saturated carbocycles. The van der Waals surface area contributed by atoms with Crippen molar-refractivity contribution < 1.29 is 14.6 Å². The second kappa shape index (κ2) is 4.06. The monoisotopic (exact) mass is 218 g/mol. The number of carboxylic acid groups (broad SMARTS) is 1. The molecule has 0 bridgehead atoms. The maximum absolute atomic E-state index is 10.6. The molecule has 0 saturated heterocycles. The number of carbonyl (C=O) groups is 1. The van der Waals surface area contributed by atoms with Gasteiger partial charge in [0, 0.05) is 11.8 Å². The summed E-state index contributed by atoms with van der Waals surface area (Å²) in [5, 5.41) is 15.4. The van der Waals surface area contributed by atoms with Gasteiger partial charge in [0.25, 0.3) is 0 Å². The highest BCUT2D eigenvalue weighted by atomic mass is 16.5. The molecule has 0 unspecified atom stereocenters. The minimum absolute atomic E-state index is 0.227. The first-order chi connectivity index (χ1) is 7.65. The first-order valence-corrected chi connectivity index (χ1v) is 4.68. The normalized spacial score (nSPS) is 10.1. The van der Waals surface area contributed by atoms with Crippen LogP contribution in [0.15, 0.2) is 30.3 Å². The molecule has 1 aromatic carbocycles. The highest BCUT2D eigenvalue weighted by Crippen LogP contribution is 2.19. The fraction of sp³-hybridized carbons (Fsp3) is 0.0909. The average molecular weight is 218 g/mol. The number of H-pyrrole nitrogens is 1. The van der Waals surface area contributed by atoms with Crippen LogP contribution in [0, 0.1) is 6.92 Å². The molecule has 1 heterocycles. The van der Waals surface area contributed by atoms with Crippen molar-refractivity contribution in [3.05, 3.63) is 41.6 Å². The Balaban J connectivity index is 2.14. The van der Waals surface area contributed by atoms with Crippen LogP contribution < -0.4 is 4.74 Å². The quantitative estimate of drug-likeness (QED) is 0.828. The van der Waals surface area contributed by atoms with Crippen molar-refractivity contribution in [2.75, 3.05) is 0 Å². The molecule has 0 spiro atoms. The van der Waals surface area contributed by atoms with E-state index < -0.39 is 5.97 Å². The van der Waals surface area contributed by atoms with Gasteiger partial charge < -0.3 is 9.84 Å². The maximum Gasteiger partial charge on any atom is 0.335 e. The summed E-state index contributed by atoms with van der Waals surface area (Å²) >= 11 is 0. The van der Waals surface area contributed by atoms with Crippen LogP contribution in [-0.2, 0) is 0 Å². The molecule has 82 valence electrons. The highest BCUT2D eigenvalue weighted by molar-refractivity contribution is 5.87. The van der Waals surface area contributed by atoms with E-state index in [1.54, 1.807) is 18.2 Å². The van der Waals surface area contributed by atoms with Crippen molar-refractivity contribution in [3.8, 4) is 11.6 Å². The Bertz CT molecular complexity index is 502. The summed E-state index contributed by atoms with van der Waals surface area (Å²) in [7, 11) is 0. The number of aryl methyl sites for hydroxylation is 1. The van der Waals surface area contributed by atoms with E-state index in [4.69, 9.17) is 9.84 Å². The van der Waals surface area contributed by atoms with Gasteiger partial charge in [0.1, 0.15) is 5.75 Å². The predicted molar refractivity (Wildman–Crippen MR) is 56.8 cm³/mol. The van der Waals surface area contributed by atoms with E-state index in [-0.39, 0.29) is 5.56 Å². The molecule has 0 fully saturated rings. The molecule has 2 N–H and O–H groups in total. The smallest absolute Gasteiger partial charge is 0.335 e. The lowest BCUT2D eigenvalue weighted by Crippen LogP contribution is -1.95. The summed E-state index contributed by atoms with van der Waals surface area (Å²) in [4.78, 5) is 10.6. The van der Waals surface area contributed by atoms with E-state index in [0.29, 0.717) is 11.6 Å². The van der Waals surface area contributed by atoms with Crippen LogP contribution >= 0.6 is 0 Å². The molecule has 2 rings (SSSR count). The van der Waals surface area contributed by atoms with Crippen molar-refractivity contribution >= 4 is 5.97 Å². The molecular weight excluding hydrogens is 208 g/mol. The Morgan fingerprint density at radius 2 is 2.06 bits per heavy atom. The summed E-state index contributed by atoms with van der Waals surface area (Å²) < 4.78 is 5.40. The van der Waals surface area contributed by atoms with Crippen molar-refractivity contribution in [1.82, 2.24) is 10.2 Å². The van der Waals surface area contributed by atoms with Crippen LogP contribution in [0.4, 0.5) is 0 Å². The first-order valence-electron chi connectivity index (χ1n) is 4.68.